The van der Waals surface area contributed by atoms with Gasteiger partial charge in [-0.1, -0.05) is 49.5 Å². The highest BCUT2D eigenvalue weighted by molar-refractivity contribution is 7.92. The van der Waals surface area contributed by atoms with Crippen molar-refractivity contribution in [2.75, 3.05) is 19.5 Å². The lowest BCUT2D eigenvalue weighted by atomic mass is 10.00. The molecule has 0 spiro atoms. The van der Waals surface area contributed by atoms with Gasteiger partial charge in [0.2, 0.25) is 0 Å². The van der Waals surface area contributed by atoms with Gasteiger partial charge in [-0.15, -0.1) is 0 Å². The summed E-state index contributed by atoms with van der Waals surface area (Å²) in [7, 11) is -1.71. The molecule has 1 saturated carbocycles. The largest absolute Gasteiger partial charge is 0.393 e. The van der Waals surface area contributed by atoms with Gasteiger partial charge in [-0.3, -0.25) is 0 Å². The van der Waals surface area contributed by atoms with Crippen LogP contribution in [0.4, 0.5) is 0 Å². The molecular formula is C14H19NO3S2. The van der Waals surface area contributed by atoms with Gasteiger partial charge in [-0.25, -0.2) is 8.42 Å². The fraction of sp³-hybridized carbons (Fsp3) is 0.500. The van der Waals surface area contributed by atoms with Gasteiger partial charge in [0.1, 0.15) is 0 Å². The SMILES string of the molecule is CCS(=O)(=O)[C@@H]1[C@@H](c2ccccc2)[C@@]1(COC)C(N)=S. The molecule has 4 nitrogen and oxygen atoms in total. The lowest BCUT2D eigenvalue weighted by Crippen LogP contribution is -2.33. The van der Waals surface area contributed by atoms with Crippen LogP contribution in [0.25, 0.3) is 0 Å². The number of nitrogens with two attached hydrogens (primary N) is 1. The minimum Gasteiger partial charge on any atom is -0.393 e. The maximum absolute atomic E-state index is 12.4. The van der Waals surface area contributed by atoms with Crippen LogP contribution in [0, 0.1) is 5.41 Å². The van der Waals surface area contributed by atoms with Gasteiger partial charge in [0, 0.05) is 18.8 Å². The summed E-state index contributed by atoms with van der Waals surface area (Å²) < 4.78 is 30.0. The maximum Gasteiger partial charge on any atom is 0.154 e. The third-order valence-corrected chi connectivity index (χ3v) is 6.70. The standard InChI is InChI=1S/C14H19NO3S2/c1-3-20(16,17)12-11(10-7-5-4-6-8-10)14(12,9-18-2)13(15)19/h4-8,11-12H,3,9H2,1-2H3,(H2,15,19)/t11-,12-,14-/m1/s1. The van der Waals surface area contributed by atoms with Crippen molar-refractivity contribution in [2.45, 2.75) is 18.1 Å². The van der Waals surface area contributed by atoms with Gasteiger partial charge in [-0.05, 0) is 5.56 Å². The summed E-state index contributed by atoms with van der Waals surface area (Å²) in [4.78, 5) is 0.218. The predicted molar refractivity (Wildman–Crippen MR) is 83.5 cm³/mol. The Kier molecular flexibility index (Phi) is 4.18. The summed E-state index contributed by atoms with van der Waals surface area (Å²) in [5.41, 5.74) is 6.04. The highest BCUT2D eigenvalue weighted by Gasteiger charge is 2.72. The Bertz CT molecular complexity index is 600. The van der Waals surface area contributed by atoms with Gasteiger partial charge < -0.3 is 10.5 Å². The van der Waals surface area contributed by atoms with E-state index in [0.717, 1.165) is 5.56 Å². The van der Waals surface area contributed by atoms with Crippen LogP contribution in [0.15, 0.2) is 30.3 Å². The molecule has 2 rings (SSSR count). The number of hydrogen-bond donors (Lipinski definition) is 1. The second-order valence-corrected chi connectivity index (χ2v) is 7.95. The fourth-order valence-electron chi connectivity index (χ4n) is 3.02. The molecule has 0 aliphatic heterocycles. The van der Waals surface area contributed by atoms with Crippen molar-refractivity contribution < 1.29 is 13.2 Å². The second kappa shape index (κ2) is 5.42. The van der Waals surface area contributed by atoms with Crippen molar-refractivity contribution in [1.82, 2.24) is 0 Å². The summed E-state index contributed by atoms with van der Waals surface area (Å²) in [5, 5.41) is -0.583. The zero-order valence-corrected chi connectivity index (χ0v) is 13.2. The number of benzene rings is 1. The first-order valence-electron chi connectivity index (χ1n) is 6.47. The van der Waals surface area contributed by atoms with Crippen LogP contribution in [0.5, 0.6) is 0 Å². The minimum absolute atomic E-state index is 0.0785. The molecule has 0 unspecified atom stereocenters. The normalized spacial score (nSPS) is 29.1. The smallest absolute Gasteiger partial charge is 0.154 e. The molecular weight excluding hydrogens is 294 g/mol. The summed E-state index contributed by atoms with van der Waals surface area (Å²) in [6.45, 7) is 1.87. The quantitative estimate of drug-likeness (QED) is 0.806. The average molecular weight is 313 g/mol. The minimum atomic E-state index is -3.24. The molecule has 0 amide bonds. The summed E-state index contributed by atoms with van der Waals surface area (Å²) in [6, 6.07) is 9.51. The van der Waals surface area contributed by atoms with Gasteiger partial charge in [0.25, 0.3) is 0 Å². The molecule has 1 aliphatic rings. The molecule has 1 fully saturated rings. The van der Waals surface area contributed by atoms with E-state index in [9.17, 15) is 8.42 Å². The second-order valence-electron chi connectivity index (χ2n) is 5.10. The lowest BCUT2D eigenvalue weighted by Gasteiger charge is -2.15. The molecule has 3 atom stereocenters. The lowest BCUT2D eigenvalue weighted by molar-refractivity contribution is 0.166. The average Bonchev–Trinajstić information content (AvgIpc) is 3.11. The molecule has 0 radical (unpaired) electrons. The Labute approximate surface area is 125 Å². The molecule has 1 aliphatic carbocycles. The van der Waals surface area contributed by atoms with Gasteiger partial charge >= 0.3 is 0 Å². The number of sulfone groups is 1. The Balaban J connectivity index is 2.51. The number of rotatable bonds is 6. The Morgan fingerprint density at radius 2 is 2.00 bits per heavy atom. The third-order valence-electron chi connectivity index (χ3n) is 4.05. The number of ether oxygens (including phenoxy) is 1. The zero-order chi connectivity index (χ0) is 15.0. The van der Waals surface area contributed by atoms with E-state index in [4.69, 9.17) is 22.7 Å². The van der Waals surface area contributed by atoms with Crippen LogP contribution < -0.4 is 5.73 Å². The molecule has 110 valence electrons. The first-order chi connectivity index (χ1) is 9.41. The molecule has 2 N–H and O–H groups in total. The summed E-state index contributed by atoms with van der Waals surface area (Å²) in [5.74, 6) is -0.138. The molecule has 0 aromatic heterocycles. The molecule has 0 heterocycles. The Morgan fingerprint density at radius 1 is 1.40 bits per heavy atom. The third kappa shape index (κ3) is 2.25. The van der Waals surface area contributed by atoms with Crippen molar-refractivity contribution in [1.29, 1.82) is 0 Å². The highest BCUT2D eigenvalue weighted by Crippen LogP contribution is 2.63. The maximum atomic E-state index is 12.4. The topological polar surface area (TPSA) is 69.4 Å². The molecule has 0 saturated heterocycles. The highest BCUT2D eigenvalue weighted by atomic mass is 32.2. The number of thiocarbonyl (C=S) groups is 1. The van der Waals surface area contributed by atoms with Crippen LogP contribution in [0.1, 0.15) is 18.4 Å². The summed E-state index contributed by atoms with van der Waals surface area (Å²) in [6.07, 6.45) is 0. The monoisotopic (exact) mass is 313 g/mol. The van der Waals surface area contributed by atoms with Crippen LogP contribution in [-0.2, 0) is 14.6 Å². The van der Waals surface area contributed by atoms with E-state index >= 15 is 0 Å². The molecule has 0 bridgehead atoms. The molecule has 6 heteroatoms. The molecule has 1 aromatic rings. The van der Waals surface area contributed by atoms with Gasteiger partial charge in [0.05, 0.1) is 22.3 Å². The Morgan fingerprint density at radius 3 is 2.45 bits per heavy atom. The number of methoxy groups -OCH3 is 1. The van der Waals surface area contributed by atoms with E-state index in [0.29, 0.717) is 0 Å². The van der Waals surface area contributed by atoms with E-state index in [-0.39, 0.29) is 23.3 Å². The fourth-order valence-corrected chi connectivity index (χ4v) is 5.49. The van der Waals surface area contributed by atoms with Crippen LogP contribution in [0.3, 0.4) is 0 Å². The molecule has 1 aromatic carbocycles. The van der Waals surface area contributed by atoms with E-state index in [1.54, 1.807) is 6.92 Å². The van der Waals surface area contributed by atoms with Crippen LogP contribution >= 0.6 is 12.2 Å². The molecule has 20 heavy (non-hydrogen) atoms. The Hall–Kier alpha value is -0.980. The first-order valence-corrected chi connectivity index (χ1v) is 8.59. The van der Waals surface area contributed by atoms with E-state index in [1.165, 1.54) is 7.11 Å². The van der Waals surface area contributed by atoms with Crippen molar-refractivity contribution in [2.24, 2.45) is 11.1 Å². The zero-order valence-electron chi connectivity index (χ0n) is 11.6. The van der Waals surface area contributed by atoms with Crippen LogP contribution in [-0.4, -0.2) is 38.1 Å². The van der Waals surface area contributed by atoms with Crippen molar-refractivity contribution in [3.05, 3.63) is 35.9 Å². The van der Waals surface area contributed by atoms with E-state index in [2.05, 4.69) is 0 Å². The van der Waals surface area contributed by atoms with Crippen molar-refractivity contribution in [3.8, 4) is 0 Å². The van der Waals surface area contributed by atoms with Gasteiger partial charge in [-0.2, -0.15) is 0 Å². The van der Waals surface area contributed by atoms with Crippen molar-refractivity contribution >= 4 is 27.0 Å². The van der Waals surface area contributed by atoms with E-state index < -0.39 is 20.5 Å². The summed E-state index contributed by atoms with van der Waals surface area (Å²) >= 11 is 5.16. The predicted octanol–water partition coefficient (Wildman–Crippen LogP) is 1.51. The number of hydrogen-bond acceptors (Lipinski definition) is 4. The van der Waals surface area contributed by atoms with E-state index in [1.807, 2.05) is 30.3 Å². The van der Waals surface area contributed by atoms with Crippen molar-refractivity contribution in [3.63, 3.8) is 0 Å². The van der Waals surface area contributed by atoms with Gasteiger partial charge in [0.15, 0.2) is 9.84 Å². The van der Waals surface area contributed by atoms with Crippen LogP contribution in [0.2, 0.25) is 0 Å². The first kappa shape index (κ1) is 15.4.